The van der Waals surface area contributed by atoms with Crippen LogP contribution >= 0.6 is 0 Å². The summed E-state index contributed by atoms with van der Waals surface area (Å²) in [4.78, 5) is 2.68. The summed E-state index contributed by atoms with van der Waals surface area (Å²) in [5.41, 5.74) is 0.457. The Hall–Kier alpha value is -0.0800. The van der Waals surface area contributed by atoms with Gasteiger partial charge in [-0.2, -0.15) is 0 Å². The standard InChI is InChI=1S/C12H24N2/c1-11-6-5-9-14(11)10-12(13-2)7-3-4-8-12/h11,13H,3-10H2,1-2H3. The molecule has 0 radical (unpaired) electrons. The Balaban J connectivity index is 1.93. The van der Waals surface area contributed by atoms with E-state index in [4.69, 9.17) is 0 Å². The molecule has 2 rings (SSSR count). The van der Waals surface area contributed by atoms with Crippen molar-refractivity contribution in [2.45, 2.75) is 57.0 Å². The lowest BCUT2D eigenvalue weighted by Gasteiger charge is -2.35. The average molecular weight is 196 g/mol. The highest BCUT2D eigenvalue weighted by Gasteiger charge is 2.35. The molecule has 0 aromatic carbocycles. The maximum atomic E-state index is 3.58. The highest BCUT2D eigenvalue weighted by molar-refractivity contribution is 4.96. The van der Waals surface area contributed by atoms with Crippen molar-refractivity contribution in [1.82, 2.24) is 10.2 Å². The lowest BCUT2D eigenvalue weighted by molar-refractivity contribution is 0.182. The summed E-state index contributed by atoms with van der Waals surface area (Å²) in [5, 5.41) is 3.58. The van der Waals surface area contributed by atoms with E-state index in [-0.39, 0.29) is 0 Å². The predicted octanol–water partition coefficient (Wildman–Crippen LogP) is 2.00. The molecule has 1 aliphatic carbocycles. The van der Waals surface area contributed by atoms with E-state index < -0.39 is 0 Å². The fourth-order valence-corrected chi connectivity index (χ4v) is 3.16. The minimum Gasteiger partial charge on any atom is -0.313 e. The molecule has 1 atom stereocenters. The van der Waals surface area contributed by atoms with Crippen LogP contribution in [0.15, 0.2) is 0 Å². The molecular weight excluding hydrogens is 172 g/mol. The van der Waals surface area contributed by atoms with E-state index in [0.29, 0.717) is 5.54 Å². The lowest BCUT2D eigenvalue weighted by Crippen LogP contribution is -2.50. The van der Waals surface area contributed by atoms with Gasteiger partial charge in [0.2, 0.25) is 0 Å². The Morgan fingerprint density at radius 1 is 1.29 bits per heavy atom. The first-order valence-electron chi connectivity index (χ1n) is 6.19. The largest absolute Gasteiger partial charge is 0.313 e. The Morgan fingerprint density at radius 2 is 2.00 bits per heavy atom. The van der Waals surface area contributed by atoms with Gasteiger partial charge >= 0.3 is 0 Å². The van der Waals surface area contributed by atoms with Crippen LogP contribution in [-0.4, -0.2) is 36.6 Å². The Bertz CT molecular complexity index is 185. The van der Waals surface area contributed by atoms with Gasteiger partial charge in [0.1, 0.15) is 0 Å². The van der Waals surface area contributed by atoms with Gasteiger partial charge < -0.3 is 5.32 Å². The third kappa shape index (κ3) is 1.96. The molecule has 1 N–H and O–H groups in total. The molecule has 0 amide bonds. The molecule has 2 heteroatoms. The van der Waals surface area contributed by atoms with Gasteiger partial charge in [-0.15, -0.1) is 0 Å². The summed E-state index contributed by atoms with van der Waals surface area (Å²) in [6.07, 6.45) is 8.41. The third-order valence-electron chi connectivity index (χ3n) is 4.29. The number of nitrogens with zero attached hydrogens (tertiary/aromatic N) is 1. The van der Waals surface area contributed by atoms with Gasteiger partial charge in [-0.05, 0) is 46.2 Å². The second kappa shape index (κ2) is 4.19. The molecule has 2 fully saturated rings. The summed E-state index contributed by atoms with van der Waals surface area (Å²) in [5.74, 6) is 0. The summed E-state index contributed by atoms with van der Waals surface area (Å²) in [6.45, 7) is 4.99. The van der Waals surface area contributed by atoms with Crippen molar-refractivity contribution in [3.63, 3.8) is 0 Å². The van der Waals surface area contributed by atoms with Crippen molar-refractivity contribution in [2.24, 2.45) is 0 Å². The van der Waals surface area contributed by atoms with E-state index in [9.17, 15) is 0 Å². The Morgan fingerprint density at radius 3 is 2.50 bits per heavy atom. The minimum absolute atomic E-state index is 0.457. The van der Waals surface area contributed by atoms with E-state index in [2.05, 4.69) is 24.2 Å². The van der Waals surface area contributed by atoms with E-state index >= 15 is 0 Å². The number of hydrogen-bond donors (Lipinski definition) is 1. The summed E-state index contributed by atoms with van der Waals surface area (Å²) in [6, 6.07) is 0.820. The van der Waals surface area contributed by atoms with Gasteiger partial charge in [-0.1, -0.05) is 12.8 Å². The van der Waals surface area contributed by atoms with Crippen LogP contribution in [0.5, 0.6) is 0 Å². The van der Waals surface area contributed by atoms with Crippen LogP contribution in [0.2, 0.25) is 0 Å². The number of likely N-dealkylation sites (N-methyl/N-ethyl adjacent to an activating group) is 1. The van der Waals surface area contributed by atoms with Gasteiger partial charge in [0.15, 0.2) is 0 Å². The van der Waals surface area contributed by atoms with Gasteiger partial charge in [-0.3, -0.25) is 4.90 Å². The molecule has 1 saturated carbocycles. The van der Waals surface area contributed by atoms with Crippen LogP contribution in [0.3, 0.4) is 0 Å². The third-order valence-corrected chi connectivity index (χ3v) is 4.29. The van der Waals surface area contributed by atoms with E-state index in [1.807, 2.05) is 0 Å². The minimum atomic E-state index is 0.457. The first-order valence-corrected chi connectivity index (χ1v) is 6.19. The quantitative estimate of drug-likeness (QED) is 0.743. The molecule has 0 aromatic rings. The highest BCUT2D eigenvalue weighted by Crippen LogP contribution is 2.32. The maximum Gasteiger partial charge on any atom is 0.0306 e. The molecule has 0 spiro atoms. The maximum absolute atomic E-state index is 3.58. The zero-order chi connectivity index (χ0) is 10.0. The molecule has 82 valence electrons. The van der Waals surface area contributed by atoms with E-state index in [0.717, 1.165) is 6.04 Å². The highest BCUT2D eigenvalue weighted by atomic mass is 15.2. The monoisotopic (exact) mass is 196 g/mol. The number of rotatable bonds is 3. The van der Waals surface area contributed by atoms with E-state index in [1.54, 1.807) is 0 Å². The van der Waals surface area contributed by atoms with Crippen molar-refractivity contribution >= 4 is 0 Å². The second-order valence-electron chi connectivity index (χ2n) is 5.20. The summed E-state index contributed by atoms with van der Waals surface area (Å²) in [7, 11) is 2.14. The lowest BCUT2D eigenvalue weighted by atomic mass is 9.97. The molecule has 2 nitrogen and oxygen atoms in total. The van der Waals surface area contributed by atoms with Crippen LogP contribution in [0.1, 0.15) is 45.4 Å². The van der Waals surface area contributed by atoms with E-state index in [1.165, 1.54) is 51.6 Å². The van der Waals surface area contributed by atoms with Gasteiger partial charge in [0.05, 0.1) is 0 Å². The summed E-state index contributed by atoms with van der Waals surface area (Å²) >= 11 is 0. The SMILES string of the molecule is CNC1(CN2CCCC2C)CCCC1. The molecule has 14 heavy (non-hydrogen) atoms. The van der Waals surface area contributed by atoms with Crippen molar-refractivity contribution in [2.75, 3.05) is 20.1 Å². The first-order chi connectivity index (χ1) is 6.76. The van der Waals surface area contributed by atoms with Crippen molar-refractivity contribution in [3.8, 4) is 0 Å². The average Bonchev–Trinajstić information content (AvgIpc) is 2.79. The van der Waals surface area contributed by atoms with Crippen molar-refractivity contribution in [1.29, 1.82) is 0 Å². The van der Waals surface area contributed by atoms with Gasteiger partial charge in [-0.25, -0.2) is 0 Å². The van der Waals surface area contributed by atoms with Crippen LogP contribution in [0.4, 0.5) is 0 Å². The van der Waals surface area contributed by atoms with Crippen LogP contribution in [-0.2, 0) is 0 Å². The topological polar surface area (TPSA) is 15.3 Å². The smallest absolute Gasteiger partial charge is 0.0306 e. The normalized spacial score (nSPS) is 32.6. The molecule has 2 aliphatic rings. The molecule has 1 unspecified atom stereocenters. The first kappa shape index (κ1) is 10.4. The van der Waals surface area contributed by atoms with Crippen molar-refractivity contribution < 1.29 is 0 Å². The fourth-order valence-electron chi connectivity index (χ4n) is 3.16. The molecule has 1 saturated heterocycles. The molecule has 0 bridgehead atoms. The van der Waals surface area contributed by atoms with Crippen LogP contribution < -0.4 is 5.32 Å². The Labute approximate surface area is 88.1 Å². The molecular formula is C12H24N2. The predicted molar refractivity (Wildman–Crippen MR) is 60.5 cm³/mol. The number of nitrogens with one attached hydrogen (secondary N) is 1. The number of likely N-dealkylation sites (tertiary alicyclic amines) is 1. The molecule has 1 heterocycles. The van der Waals surface area contributed by atoms with Gasteiger partial charge in [0.25, 0.3) is 0 Å². The van der Waals surface area contributed by atoms with Crippen LogP contribution in [0, 0.1) is 0 Å². The van der Waals surface area contributed by atoms with Crippen LogP contribution in [0.25, 0.3) is 0 Å². The molecule has 1 aliphatic heterocycles. The summed E-state index contributed by atoms with van der Waals surface area (Å²) < 4.78 is 0. The number of hydrogen-bond acceptors (Lipinski definition) is 2. The zero-order valence-corrected chi connectivity index (χ0v) is 9.68. The van der Waals surface area contributed by atoms with Gasteiger partial charge in [0, 0.05) is 18.1 Å². The molecule has 0 aromatic heterocycles. The zero-order valence-electron chi connectivity index (χ0n) is 9.68. The fraction of sp³-hybridized carbons (Fsp3) is 1.00. The Kier molecular flexibility index (Phi) is 3.13. The second-order valence-corrected chi connectivity index (χ2v) is 5.20. The van der Waals surface area contributed by atoms with Crippen molar-refractivity contribution in [3.05, 3.63) is 0 Å².